The minimum absolute atomic E-state index is 0.244. The number of ether oxygens (including phenoxy) is 1. The maximum Gasteiger partial charge on any atom is 0.135 e. The SMILES string of the molecule is C1=c2c(n(-c3cc(Oc4cccc5ccccc45)cc(-n4c5ccccc5c5ccccc54)c3)c3ccc(-c4ccncc4)cc23)=CCC1c1ccncc1. The smallest absolute Gasteiger partial charge is 0.135 e. The zero-order valence-electron chi connectivity index (χ0n) is 29.9. The minimum Gasteiger partial charge on any atom is -0.457 e. The number of benzene rings is 6. The molecule has 10 aromatic rings. The van der Waals surface area contributed by atoms with Gasteiger partial charge in [0.05, 0.1) is 27.9 Å². The monoisotopic (exact) mass is 706 g/mol. The van der Waals surface area contributed by atoms with Crippen molar-refractivity contribution in [2.24, 2.45) is 0 Å². The molecule has 4 heterocycles. The minimum atomic E-state index is 0.244. The number of nitrogens with zero attached hydrogens (tertiary/aromatic N) is 4. The van der Waals surface area contributed by atoms with Crippen molar-refractivity contribution in [3.63, 3.8) is 0 Å². The first kappa shape index (κ1) is 31.3. The normalized spacial score (nSPS) is 13.9. The number of hydrogen-bond donors (Lipinski definition) is 0. The molecule has 55 heavy (non-hydrogen) atoms. The topological polar surface area (TPSA) is 44.9 Å². The molecule has 1 aliphatic carbocycles. The van der Waals surface area contributed by atoms with E-state index in [9.17, 15) is 0 Å². The fourth-order valence-electron chi connectivity index (χ4n) is 8.56. The molecule has 0 fully saturated rings. The average Bonchev–Trinajstić information content (AvgIpc) is 3.77. The van der Waals surface area contributed by atoms with Crippen LogP contribution in [0, 0.1) is 0 Å². The van der Waals surface area contributed by atoms with Crippen molar-refractivity contribution >= 4 is 55.6 Å². The first-order valence-electron chi connectivity index (χ1n) is 18.7. The van der Waals surface area contributed by atoms with Gasteiger partial charge in [-0.3, -0.25) is 9.97 Å². The molecule has 0 bridgehead atoms. The Morgan fingerprint density at radius 2 is 1.15 bits per heavy atom. The second-order valence-electron chi connectivity index (χ2n) is 14.2. The highest BCUT2D eigenvalue weighted by Gasteiger charge is 2.20. The Morgan fingerprint density at radius 3 is 1.91 bits per heavy atom. The number of pyridine rings is 2. The van der Waals surface area contributed by atoms with Crippen molar-refractivity contribution in [2.45, 2.75) is 12.3 Å². The molecule has 1 aliphatic rings. The molecule has 0 spiro atoms. The molecule has 11 rings (SSSR count). The Morgan fingerprint density at radius 1 is 0.509 bits per heavy atom. The van der Waals surface area contributed by atoms with Gasteiger partial charge < -0.3 is 13.9 Å². The van der Waals surface area contributed by atoms with Gasteiger partial charge in [0, 0.05) is 75.0 Å². The molecule has 5 heteroatoms. The van der Waals surface area contributed by atoms with E-state index in [1.165, 1.54) is 32.3 Å². The van der Waals surface area contributed by atoms with Crippen LogP contribution >= 0.6 is 0 Å². The van der Waals surface area contributed by atoms with Crippen molar-refractivity contribution in [2.75, 3.05) is 0 Å². The van der Waals surface area contributed by atoms with Crippen LogP contribution in [0.15, 0.2) is 176 Å². The van der Waals surface area contributed by atoms with E-state index < -0.39 is 0 Å². The third-order valence-corrected chi connectivity index (χ3v) is 11.1. The lowest BCUT2D eigenvalue weighted by atomic mass is 9.92. The second-order valence-corrected chi connectivity index (χ2v) is 14.2. The molecule has 0 amide bonds. The Hall–Kier alpha value is -7.24. The van der Waals surface area contributed by atoms with Crippen molar-refractivity contribution in [1.29, 1.82) is 0 Å². The number of aromatic nitrogens is 4. The Balaban J connectivity index is 1.19. The number of para-hydroxylation sites is 2. The summed E-state index contributed by atoms with van der Waals surface area (Å²) in [5.41, 5.74) is 9.07. The molecule has 0 saturated heterocycles. The summed E-state index contributed by atoms with van der Waals surface area (Å²) < 4.78 is 11.7. The number of fused-ring (bicyclic) bond motifs is 7. The molecule has 0 aliphatic heterocycles. The zero-order valence-corrected chi connectivity index (χ0v) is 29.9. The van der Waals surface area contributed by atoms with Crippen LogP contribution in [0.1, 0.15) is 17.9 Å². The summed E-state index contributed by atoms with van der Waals surface area (Å²) in [6.45, 7) is 0. The molecule has 0 N–H and O–H groups in total. The maximum atomic E-state index is 6.94. The van der Waals surface area contributed by atoms with E-state index in [2.05, 4.69) is 183 Å². The van der Waals surface area contributed by atoms with E-state index in [0.29, 0.717) is 0 Å². The summed E-state index contributed by atoms with van der Waals surface area (Å²) in [5, 5.41) is 8.28. The summed E-state index contributed by atoms with van der Waals surface area (Å²) in [5.74, 6) is 1.84. The van der Waals surface area contributed by atoms with E-state index in [4.69, 9.17) is 4.74 Å². The largest absolute Gasteiger partial charge is 0.457 e. The molecule has 4 aromatic heterocycles. The van der Waals surface area contributed by atoms with Gasteiger partial charge in [0.25, 0.3) is 0 Å². The van der Waals surface area contributed by atoms with Crippen LogP contribution in [0.5, 0.6) is 11.5 Å². The lowest BCUT2D eigenvalue weighted by Crippen LogP contribution is -2.31. The Bertz CT molecular complexity index is 3160. The molecule has 0 radical (unpaired) electrons. The molecular weight excluding hydrogens is 673 g/mol. The predicted octanol–water partition coefficient (Wildman–Crippen LogP) is 10.9. The Kier molecular flexibility index (Phi) is 7.24. The molecule has 6 aromatic carbocycles. The van der Waals surface area contributed by atoms with Gasteiger partial charge in [0.1, 0.15) is 11.5 Å². The van der Waals surface area contributed by atoms with Crippen molar-refractivity contribution in [3.8, 4) is 34.0 Å². The van der Waals surface area contributed by atoms with E-state index in [1.807, 2.05) is 24.8 Å². The highest BCUT2D eigenvalue weighted by molar-refractivity contribution is 6.09. The van der Waals surface area contributed by atoms with Crippen LogP contribution in [0.3, 0.4) is 0 Å². The second kappa shape index (κ2) is 12.7. The van der Waals surface area contributed by atoms with Gasteiger partial charge in [-0.2, -0.15) is 0 Å². The van der Waals surface area contributed by atoms with Gasteiger partial charge in [-0.15, -0.1) is 0 Å². The van der Waals surface area contributed by atoms with Crippen LogP contribution in [-0.2, 0) is 0 Å². The standard InChI is InChI=1S/C50H34N4O/c1-2-10-41-35(8-1)9-7-15-50(41)55-40-31-38(53-46-13-5-3-11-42(46)43-12-4-6-14-47(43)53)30-39(32-40)54-48-18-16-36(33-20-24-51-25-21-33)28-44(48)45-29-37(17-19-49(45)54)34-22-26-52-27-23-34/h1-16,18-32,37H,17H2. The summed E-state index contributed by atoms with van der Waals surface area (Å²) in [4.78, 5) is 8.58. The van der Waals surface area contributed by atoms with Crippen molar-refractivity contribution < 1.29 is 4.74 Å². The lowest BCUT2D eigenvalue weighted by Gasteiger charge is -2.17. The number of rotatable bonds is 6. The molecule has 1 atom stereocenters. The molecule has 1 unspecified atom stereocenters. The fraction of sp³-hybridized carbons (Fsp3) is 0.0400. The summed E-state index contributed by atoms with van der Waals surface area (Å²) in [7, 11) is 0. The van der Waals surface area contributed by atoms with Gasteiger partial charge >= 0.3 is 0 Å². The van der Waals surface area contributed by atoms with Gasteiger partial charge in [0.15, 0.2) is 0 Å². The summed E-state index contributed by atoms with van der Waals surface area (Å²) in [6.07, 6.45) is 13.2. The van der Waals surface area contributed by atoms with Gasteiger partial charge in [-0.1, -0.05) is 91.0 Å². The molecular formula is C50H34N4O. The fourth-order valence-corrected chi connectivity index (χ4v) is 8.56. The van der Waals surface area contributed by atoms with Crippen LogP contribution in [-0.4, -0.2) is 19.1 Å². The van der Waals surface area contributed by atoms with Crippen LogP contribution in [0.25, 0.3) is 78.1 Å². The Labute approximate surface area is 317 Å². The lowest BCUT2D eigenvalue weighted by molar-refractivity contribution is 0.488. The van der Waals surface area contributed by atoms with E-state index in [0.717, 1.165) is 67.7 Å². The maximum absolute atomic E-state index is 6.94. The third kappa shape index (κ3) is 5.24. The highest BCUT2D eigenvalue weighted by atomic mass is 16.5. The first-order chi connectivity index (χ1) is 27.3. The summed E-state index contributed by atoms with van der Waals surface area (Å²) >= 11 is 0. The number of hydrogen-bond acceptors (Lipinski definition) is 3. The average molecular weight is 707 g/mol. The van der Waals surface area contributed by atoms with Crippen LogP contribution in [0.2, 0.25) is 0 Å². The van der Waals surface area contributed by atoms with E-state index in [-0.39, 0.29) is 5.92 Å². The van der Waals surface area contributed by atoms with E-state index in [1.54, 1.807) is 0 Å². The van der Waals surface area contributed by atoms with Crippen molar-refractivity contribution in [3.05, 3.63) is 193 Å². The van der Waals surface area contributed by atoms with E-state index >= 15 is 0 Å². The van der Waals surface area contributed by atoms with Gasteiger partial charge in [-0.05, 0) is 89.2 Å². The third-order valence-electron chi connectivity index (χ3n) is 11.1. The quantitative estimate of drug-likeness (QED) is 0.173. The molecule has 0 saturated carbocycles. The predicted molar refractivity (Wildman–Crippen MR) is 225 cm³/mol. The first-order valence-corrected chi connectivity index (χ1v) is 18.7. The van der Waals surface area contributed by atoms with Crippen LogP contribution in [0.4, 0.5) is 0 Å². The van der Waals surface area contributed by atoms with Crippen LogP contribution < -0.4 is 15.3 Å². The molecule has 5 nitrogen and oxygen atoms in total. The van der Waals surface area contributed by atoms with Crippen molar-refractivity contribution in [1.82, 2.24) is 19.1 Å². The molecule has 260 valence electrons. The van der Waals surface area contributed by atoms with Gasteiger partial charge in [-0.25, -0.2) is 0 Å². The zero-order chi connectivity index (χ0) is 36.3. The highest BCUT2D eigenvalue weighted by Crippen LogP contribution is 2.37. The summed E-state index contributed by atoms with van der Waals surface area (Å²) in [6, 6.07) is 53.9. The van der Waals surface area contributed by atoms with Gasteiger partial charge in [0.2, 0.25) is 0 Å².